The molecular weight excluding hydrogens is 260 g/mol. The van der Waals surface area contributed by atoms with E-state index in [1.807, 2.05) is 30.3 Å². The van der Waals surface area contributed by atoms with Crippen LogP contribution in [0.1, 0.15) is 28.4 Å². The van der Waals surface area contributed by atoms with Gasteiger partial charge >= 0.3 is 0 Å². The number of rotatable bonds is 3. The van der Waals surface area contributed by atoms with Crippen molar-refractivity contribution in [3.63, 3.8) is 0 Å². The van der Waals surface area contributed by atoms with Gasteiger partial charge in [-0.25, -0.2) is 0 Å². The van der Waals surface area contributed by atoms with Crippen LogP contribution in [0.3, 0.4) is 0 Å². The molecule has 0 N–H and O–H groups in total. The molecule has 2 heteroatoms. The number of hydrogen-bond donors (Lipinski definition) is 0. The Balaban J connectivity index is 2.29. The lowest BCUT2D eigenvalue weighted by atomic mass is 10.1. The van der Waals surface area contributed by atoms with E-state index in [-0.39, 0.29) is 5.78 Å². The molecule has 21 heavy (non-hydrogen) atoms. The first-order valence-electron chi connectivity index (χ1n) is 6.54. The summed E-state index contributed by atoms with van der Waals surface area (Å²) in [5.41, 5.74) is 2.77. The first kappa shape index (κ1) is 14.5. The second-order valence-electron chi connectivity index (χ2n) is 4.51. The van der Waals surface area contributed by atoms with Gasteiger partial charge in [-0.3, -0.25) is 9.59 Å². The van der Waals surface area contributed by atoms with Crippen LogP contribution in [0.5, 0.6) is 0 Å². The predicted molar refractivity (Wildman–Crippen MR) is 83.8 cm³/mol. The lowest BCUT2D eigenvalue weighted by Crippen LogP contribution is -1.93. The van der Waals surface area contributed by atoms with Crippen LogP contribution in [-0.4, -0.2) is 12.1 Å². The number of aldehydes is 1. The number of allylic oxidation sites excluding steroid dienone is 1. The molecule has 2 nitrogen and oxygen atoms in total. The Morgan fingerprint density at radius 2 is 1.62 bits per heavy atom. The van der Waals surface area contributed by atoms with E-state index >= 15 is 0 Å². The van der Waals surface area contributed by atoms with Gasteiger partial charge in [0.2, 0.25) is 0 Å². The van der Waals surface area contributed by atoms with E-state index in [2.05, 4.69) is 11.8 Å². The Kier molecular flexibility index (Phi) is 4.84. The number of Topliss-reactive ketones (excluding diaryl/α,β-unsaturated/α-hetero) is 1. The van der Waals surface area contributed by atoms with E-state index in [0.717, 1.165) is 17.4 Å². The number of benzene rings is 2. The second-order valence-corrected chi connectivity index (χ2v) is 4.51. The number of hydrogen-bond acceptors (Lipinski definition) is 2. The molecule has 0 amide bonds. The lowest BCUT2D eigenvalue weighted by Gasteiger charge is -1.96. The summed E-state index contributed by atoms with van der Waals surface area (Å²) < 4.78 is 0. The number of carbonyl (C=O) groups excluding carboxylic acids is 2. The van der Waals surface area contributed by atoms with Crippen molar-refractivity contribution in [2.75, 3.05) is 0 Å². The summed E-state index contributed by atoms with van der Waals surface area (Å²) in [5.74, 6) is 5.76. The molecule has 0 heterocycles. The normalized spacial score (nSPS) is 10.4. The molecule has 0 radical (unpaired) electrons. The molecule has 0 aliphatic heterocycles. The molecule has 0 aliphatic carbocycles. The molecule has 2 aromatic rings. The monoisotopic (exact) mass is 274 g/mol. The third-order valence-corrected chi connectivity index (χ3v) is 2.88. The average Bonchev–Trinajstić information content (AvgIpc) is 2.52. The number of ketones is 1. The van der Waals surface area contributed by atoms with Crippen LogP contribution < -0.4 is 0 Å². The van der Waals surface area contributed by atoms with E-state index in [9.17, 15) is 9.59 Å². The Labute approximate surface area is 124 Å². The molecule has 2 rings (SSSR count). The first-order valence-corrected chi connectivity index (χ1v) is 6.54. The predicted octanol–water partition coefficient (Wildman–Crippen LogP) is 3.52. The van der Waals surface area contributed by atoms with Crippen LogP contribution in [0.2, 0.25) is 0 Å². The molecule has 0 unspecified atom stereocenters. The van der Waals surface area contributed by atoms with Gasteiger partial charge in [0.25, 0.3) is 0 Å². The summed E-state index contributed by atoms with van der Waals surface area (Å²) in [4.78, 5) is 22.2. The van der Waals surface area contributed by atoms with E-state index in [1.54, 1.807) is 30.3 Å². The molecule has 0 fully saturated rings. The van der Waals surface area contributed by atoms with Gasteiger partial charge in [-0.15, -0.1) is 0 Å². The van der Waals surface area contributed by atoms with Crippen LogP contribution in [0, 0.1) is 11.8 Å². The third kappa shape index (κ3) is 4.29. The van der Waals surface area contributed by atoms with Crippen LogP contribution >= 0.6 is 0 Å². The SMILES string of the molecule is CC(=O)C(C#Cc1ccc(C=O)cc1)=Cc1ccccc1. The zero-order valence-corrected chi connectivity index (χ0v) is 11.7. The van der Waals surface area contributed by atoms with Crippen molar-refractivity contribution in [3.8, 4) is 11.8 Å². The van der Waals surface area contributed by atoms with Crippen molar-refractivity contribution in [1.29, 1.82) is 0 Å². The lowest BCUT2D eigenvalue weighted by molar-refractivity contribution is -0.113. The highest BCUT2D eigenvalue weighted by Crippen LogP contribution is 2.07. The molecular formula is C19H14O2. The minimum Gasteiger partial charge on any atom is -0.298 e. The molecule has 0 aliphatic rings. The molecule has 2 aromatic carbocycles. The van der Waals surface area contributed by atoms with Gasteiger partial charge in [-0.05, 0) is 30.7 Å². The Hall–Kier alpha value is -2.92. The van der Waals surface area contributed by atoms with E-state index < -0.39 is 0 Å². The summed E-state index contributed by atoms with van der Waals surface area (Å²) in [6.07, 6.45) is 2.56. The zero-order valence-electron chi connectivity index (χ0n) is 11.7. The molecule has 0 bridgehead atoms. The van der Waals surface area contributed by atoms with Crippen LogP contribution in [0.15, 0.2) is 60.2 Å². The van der Waals surface area contributed by atoms with Gasteiger partial charge in [0.15, 0.2) is 5.78 Å². The van der Waals surface area contributed by atoms with Crippen molar-refractivity contribution in [2.24, 2.45) is 0 Å². The van der Waals surface area contributed by atoms with Crippen LogP contribution in [-0.2, 0) is 4.79 Å². The van der Waals surface area contributed by atoms with E-state index in [0.29, 0.717) is 11.1 Å². The van der Waals surface area contributed by atoms with E-state index in [4.69, 9.17) is 0 Å². The van der Waals surface area contributed by atoms with Crippen molar-refractivity contribution in [3.05, 3.63) is 76.9 Å². The van der Waals surface area contributed by atoms with Gasteiger partial charge in [-0.1, -0.05) is 54.3 Å². The molecule has 0 aromatic heterocycles. The minimum absolute atomic E-state index is 0.0733. The van der Waals surface area contributed by atoms with Gasteiger partial charge in [0.1, 0.15) is 6.29 Å². The van der Waals surface area contributed by atoms with Crippen LogP contribution in [0.25, 0.3) is 6.08 Å². The van der Waals surface area contributed by atoms with E-state index in [1.165, 1.54) is 6.92 Å². The first-order chi connectivity index (χ1) is 10.2. The summed E-state index contributed by atoms with van der Waals surface area (Å²) in [7, 11) is 0. The fraction of sp³-hybridized carbons (Fsp3) is 0.0526. The van der Waals surface area contributed by atoms with Gasteiger partial charge in [0, 0.05) is 11.1 Å². The highest BCUT2D eigenvalue weighted by molar-refractivity contribution is 6.02. The summed E-state index contributed by atoms with van der Waals surface area (Å²) in [6.45, 7) is 1.50. The van der Waals surface area contributed by atoms with Crippen molar-refractivity contribution >= 4 is 18.1 Å². The quantitative estimate of drug-likeness (QED) is 0.487. The smallest absolute Gasteiger partial charge is 0.168 e. The maximum absolute atomic E-state index is 11.7. The largest absolute Gasteiger partial charge is 0.298 e. The third-order valence-electron chi connectivity index (χ3n) is 2.88. The zero-order chi connectivity index (χ0) is 15.1. The topological polar surface area (TPSA) is 34.1 Å². The second kappa shape index (κ2) is 7.02. The minimum atomic E-state index is -0.0733. The van der Waals surface area contributed by atoms with Gasteiger partial charge < -0.3 is 0 Å². The van der Waals surface area contributed by atoms with Crippen molar-refractivity contribution in [2.45, 2.75) is 6.92 Å². The fourth-order valence-electron chi connectivity index (χ4n) is 1.73. The maximum Gasteiger partial charge on any atom is 0.168 e. The molecule has 0 atom stereocenters. The van der Waals surface area contributed by atoms with Crippen molar-refractivity contribution in [1.82, 2.24) is 0 Å². The standard InChI is InChI=1S/C19H14O2/c1-15(21)19(13-17-5-3-2-4-6-17)12-11-16-7-9-18(14-20)10-8-16/h2-10,13-14H,1H3. The Morgan fingerprint density at radius 3 is 2.19 bits per heavy atom. The summed E-state index contributed by atoms with van der Waals surface area (Å²) in [6, 6.07) is 16.5. The Bertz CT molecular complexity index is 727. The molecule has 0 saturated heterocycles. The highest BCUT2D eigenvalue weighted by atomic mass is 16.1. The van der Waals surface area contributed by atoms with Crippen LogP contribution in [0.4, 0.5) is 0 Å². The summed E-state index contributed by atoms with van der Waals surface area (Å²) in [5, 5.41) is 0. The van der Waals surface area contributed by atoms with Gasteiger partial charge in [-0.2, -0.15) is 0 Å². The molecule has 0 spiro atoms. The van der Waals surface area contributed by atoms with Gasteiger partial charge in [0.05, 0.1) is 5.57 Å². The molecule has 0 saturated carbocycles. The number of carbonyl (C=O) groups is 2. The average molecular weight is 274 g/mol. The molecule has 102 valence electrons. The highest BCUT2D eigenvalue weighted by Gasteiger charge is 2.00. The summed E-state index contributed by atoms with van der Waals surface area (Å²) >= 11 is 0. The fourth-order valence-corrected chi connectivity index (χ4v) is 1.73. The Morgan fingerprint density at radius 1 is 0.952 bits per heavy atom. The maximum atomic E-state index is 11.7. The van der Waals surface area contributed by atoms with Crippen molar-refractivity contribution < 1.29 is 9.59 Å².